The molecule has 0 spiro atoms. The monoisotopic (exact) mass is 333 g/mol. The van der Waals surface area contributed by atoms with Gasteiger partial charge in [0.25, 0.3) is 0 Å². The van der Waals surface area contributed by atoms with Crippen LogP contribution in [-0.4, -0.2) is 19.3 Å². The van der Waals surface area contributed by atoms with E-state index in [-0.39, 0.29) is 11.3 Å². The highest BCUT2D eigenvalue weighted by Crippen LogP contribution is 2.20. The van der Waals surface area contributed by atoms with Crippen LogP contribution in [0.4, 0.5) is 0 Å². The average Bonchev–Trinajstić information content (AvgIpc) is 2.37. The molecule has 0 aliphatic rings. The topological polar surface area (TPSA) is 46.2 Å². The van der Waals surface area contributed by atoms with Crippen molar-refractivity contribution in [3.05, 3.63) is 35.9 Å². The van der Waals surface area contributed by atoms with Gasteiger partial charge in [-0.05, 0) is 18.4 Å². The molecule has 0 bridgehead atoms. The SMILES string of the molecule is CCC(CC)(CBr)NS(=O)(=O)Cc1ccccc1. The molecular weight excluding hydrogens is 314 g/mol. The predicted molar refractivity (Wildman–Crippen MR) is 79.3 cm³/mol. The molecule has 0 aromatic heterocycles. The summed E-state index contributed by atoms with van der Waals surface area (Å²) in [5.41, 5.74) is 0.425. The summed E-state index contributed by atoms with van der Waals surface area (Å²) in [6.45, 7) is 3.99. The van der Waals surface area contributed by atoms with E-state index in [1.807, 2.05) is 44.2 Å². The van der Waals surface area contributed by atoms with Crippen molar-refractivity contribution in [1.29, 1.82) is 0 Å². The third-order valence-corrected chi connectivity index (χ3v) is 5.71. The molecule has 0 atom stereocenters. The van der Waals surface area contributed by atoms with E-state index in [9.17, 15) is 8.42 Å². The minimum absolute atomic E-state index is 0.0303. The van der Waals surface area contributed by atoms with E-state index in [2.05, 4.69) is 20.7 Å². The van der Waals surface area contributed by atoms with Crippen LogP contribution in [0.2, 0.25) is 0 Å². The van der Waals surface area contributed by atoms with Crippen molar-refractivity contribution in [3.8, 4) is 0 Å². The van der Waals surface area contributed by atoms with Crippen molar-refractivity contribution in [2.75, 3.05) is 5.33 Å². The van der Waals surface area contributed by atoms with E-state index >= 15 is 0 Å². The maximum Gasteiger partial charge on any atom is 0.216 e. The molecule has 102 valence electrons. The van der Waals surface area contributed by atoms with Crippen LogP contribution in [0.3, 0.4) is 0 Å². The molecule has 1 N–H and O–H groups in total. The number of rotatable bonds is 7. The van der Waals surface area contributed by atoms with Gasteiger partial charge in [-0.2, -0.15) is 0 Å². The summed E-state index contributed by atoms with van der Waals surface area (Å²) in [4.78, 5) is 0. The van der Waals surface area contributed by atoms with Gasteiger partial charge in [-0.3, -0.25) is 0 Å². The van der Waals surface area contributed by atoms with E-state index in [1.165, 1.54) is 0 Å². The average molecular weight is 334 g/mol. The van der Waals surface area contributed by atoms with Gasteiger partial charge in [0.1, 0.15) is 0 Å². The highest BCUT2D eigenvalue weighted by molar-refractivity contribution is 9.09. The summed E-state index contributed by atoms with van der Waals surface area (Å²) < 4.78 is 27.2. The molecule has 5 heteroatoms. The Morgan fingerprint density at radius 3 is 2.17 bits per heavy atom. The highest BCUT2D eigenvalue weighted by atomic mass is 79.9. The molecule has 0 unspecified atom stereocenters. The molecule has 0 amide bonds. The predicted octanol–water partition coefficient (Wildman–Crippen LogP) is 3.06. The Kier molecular flexibility index (Phi) is 5.82. The van der Waals surface area contributed by atoms with Crippen LogP contribution in [0.5, 0.6) is 0 Å². The van der Waals surface area contributed by atoms with Crippen molar-refractivity contribution in [3.63, 3.8) is 0 Å². The van der Waals surface area contributed by atoms with E-state index in [0.29, 0.717) is 5.33 Å². The van der Waals surface area contributed by atoms with Crippen molar-refractivity contribution in [1.82, 2.24) is 4.72 Å². The first-order valence-electron chi connectivity index (χ1n) is 6.08. The Hall–Kier alpha value is -0.390. The molecule has 0 saturated carbocycles. The first-order chi connectivity index (χ1) is 8.47. The van der Waals surface area contributed by atoms with Gasteiger partial charge in [0.05, 0.1) is 5.75 Å². The third-order valence-electron chi connectivity index (χ3n) is 3.18. The van der Waals surface area contributed by atoms with Crippen LogP contribution in [-0.2, 0) is 15.8 Å². The minimum Gasteiger partial charge on any atom is -0.212 e. The molecule has 1 aromatic rings. The summed E-state index contributed by atoms with van der Waals surface area (Å²) >= 11 is 3.40. The zero-order valence-electron chi connectivity index (χ0n) is 10.8. The maximum absolute atomic E-state index is 12.2. The zero-order chi connectivity index (χ0) is 13.6. The summed E-state index contributed by atoms with van der Waals surface area (Å²) in [7, 11) is -3.31. The van der Waals surface area contributed by atoms with Gasteiger partial charge in [-0.15, -0.1) is 0 Å². The highest BCUT2D eigenvalue weighted by Gasteiger charge is 2.30. The third kappa shape index (κ3) is 4.37. The van der Waals surface area contributed by atoms with E-state index in [4.69, 9.17) is 0 Å². The van der Waals surface area contributed by atoms with Gasteiger partial charge in [0.2, 0.25) is 10.0 Å². The molecule has 0 aliphatic carbocycles. The number of hydrogen-bond donors (Lipinski definition) is 1. The van der Waals surface area contributed by atoms with Crippen LogP contribution in [0.25, 0.3) is 0 Å². The van der Waals surface area contributed by atoms with Crippen LogP contribution in [0.1, 0.15) is 32.3 Å². The molecule has 0 fully saturated rings. The lowest BCUT2D eigenvalue weighted by molar-refractivity contribution is 0.398. The normalized spacial score (nSPS) is 12.6. The summed E-state index contributed by atoms with van der Waals surface area (Å²) in [5.74, 6) is 0.0303. The molecular formula is C13H20BrNO2S. The molecule has 3 nitrogen and oxygen atoms in total. The maximum atomic E-state index is 12.2. The van der Waals surface area contributed by atoms with Gasteiger partial charge < -0.3 is 0 Å². The first-order valence-corrected chi connectivity index (χ1v) is 8.86. The smallest absolute Gasteiger partial charge is 0.212 e. The van der Waals surface area contributed by atoms with Crippen LogP contribution in [0.15, 0.2) is 30.3 Å². The Bertz CT molecular complexity index is 447. The van der Waals surface area contributed by atoms with E-state index < -0.39 is 10.0 Å². The van der Waals surface area contributed by atoms with Gasteiger partial charge in [-0.1, -0.05) is 60.1 Å². The molecule has 0 heterocycles. The number of halogens is 1. The van der Waals surface area contributed by atoms with Gasteiger partial charge >= 0.3 is 0 Å². The van der Waals surface area contributed by atoms with Crippen molar-refractivity contribution in [2.24, 2.45) is 0 Å². The number of benzene rings is 1. The van der Waals surface area contributed by atoms with Gasteiger partial charge in [0.15, 0.2) is 0 Å². The Labute approximate surface area is 118 Å². The lowest BCUT2D eigenvalue weighted by Crippen LogP contribution is -2.49. The fourth-order valence-electron chi connectivity index (χ4n) is 1.77. The fourth-order valence-corrected chi connectivity index (χ4v) is 4.61. The largest absolute Gasteiger partial charge is 0.216 e. The summed E-state index contributed by atoms with van der Waals surface area (Å²) in [5, 5.41) is 0.626. The van der Waals surface area contributed by atoms with E-state index in [1.54, 1.807) is 0 Å². The van der Waals surface area contributed by atoms with E-state index in [0.717, 1.165) is 18.4 Å². The standard InChI is InChI=1S/C13H20BrNO2S/c1-3-13(4-2,11-14)15-18(16,17)10-12-8-6-5-7-9-12/h5-9,15H,3-4,10-11H2,1-2H3. The van der Waals surface area contributed by atoms with Crippen molar-refractivity contribution in [2.45, 2.75) is 38.0 Å². The summed E-state index contributed by atoms with van der Waals surface area (Å²) in [6, 6.07) is 9.23. The van der Waals surface area contributed by atoms with Crippen molar-refractivity contribution >= 4 is 26.0 Å². The van der Waals surface area contributed by atoms with Crippen LogP contribution >= 0.6 is 15.9 Å². The lowest BCUT2D eigenvalue weighted by Gasteiger charge is -2.30. The second-order valence-corrected chi connectivity index (χ2v) is 6.75. The molecule has 1 aromatic carbocycles. The molecule has 18 heavy (non-hydrogen) atoms. The Morgan fingerprint density at radius 1 is 1.17 bits per heavy atom. The van der Waals surface area contributed by atoms with Gasteiger partial charge in [-0.25, -0.2) is 13.1 Å². The molecule has 1 rings (SSSR count). The summed E-state index contributed by atoms with van der Waals surface area (Å²) in [6.07, 6.45) is 1.53. The minimum atomic E-state index is -3.31. The fraction of sp³-hybridized carbons (Fsp3) is 0.538. The number of hydrogen-bond acceptors (Lipinski definition) is 2. The zero-order valence-corrected chi connectivity index (χ0v) is 13.2. The van der Waals surface area contributed by atoms with Crippen LogP contribution in [0, 0.1) is 0 Å². The van der Waals surface area contributed by atoms with Crippen LogP contribution < -0.4 is 4.72 Å². The first kappa shape index (κ1) is 15.7. The second kappa shape index (κ2) is 6.68. The Morgan fingerprint density at radius 2 is 1.72 bits per heavy atom. The number of nitrogens with one attached hydrogen (secondary N) is 1. The lowest BCUT2D eigenvalue weighted by atomic mass is 9.97. The number of sulfonamides is 1. The van der Waals surface area contributed by atoms with Crippen molar-refractivity contribution < 1.29 is 8.42 Å². The molecule has 0 saturated heterocycles. The number of alkyl halides is 1. The quantitative estimate of drug-likeness (QED) is 0.779. The van der Waals surface area contributed by atoms with Gasteiger partial charge in [0, 0.05) is 10.9 Å². The Balaban J connectivity index is 2.82. The second-order valence-electron chi connectivity index (χ2n) is 4.47. The molecule has 0 radical (unpaired) electrons. The molecule has 0 aliphatic heterocycles.